The summed E-state index contributed by atoms with van der Waals surface area (Å²) >= 11 is 0. The lowest BCUT2D eigenvalue weighted by molar-refractivity contribution is 0.360. The summed E-state index contributed by atoms with van der Waals surface area (Å²) < 4.78 is 5.64. The molecule has 1 aromatic rings. The van der Waals surface area contributed by atoms with E-state index >= 15 is 0 Å². The first-order chi connectivity index (χ1) is 5.67. The van der Waals surface area contributed by atoms with Gasteiger partial charge in [-0.1, -0.05) is 30.3 Å². The lowest BCUT2D eigenvalue weighted by Crippen LogP contribution is -2.44. The Hall–Kier alpha value is -0.603. The molecule has 0 aliphatic carbocycles. The highest BCUT2D eigenvalue weighted by Gasteiger charge is 2.23. The van der Waals surface area contributed by atoms with E-state index in [-0.39, 0.29) is 0 Å². The summed E-state index contributed by atoms with van der Waals surface area (Å²) in [7, 11) is -1.64. The molecule has 0 unspecified atom stereocenters. The van der Waals surface area contributed by atoms with Crippen LogP contribution in [0.15, 0.2) is 30.3 Å². The van der Waals surface area contributed by atoms with Gasteiger partial charge in [-0.3, -0.25) is 0 Å². The summed E-state index contributed by atoms with van der Waals surface area (Å²) in [6, 6.07) is 10.4. The Morgan fingerprint density at radius 3 is 2.33 bits per heavy atom. The Bertz CT molecular complexity index is 231. The van der Waals surface area contributed by atoms with Crippen molar-refractivity contribution in [3.63, 3.8) is 0 Å². The van der Waals surface area contributed by atoms with Crippen LogP contribution in [0.3, 0.4) is 0 Å². The van der Waals surface area contributed by atoms with Crippen LogP contribution < -0.4 is 5.19 Å². The van der Waals surface area contributed by atoms with Crippen LogP contribution in [-0.4, -0.2) is 14.9 Å². The molecule has 0 saturated carbocycles. The lowest BCUT2D eigenvalue weighted by atomic mass is 10.4. The molecule has 0 heterocycles. The molecule has 0 aliphatic heterocycles. The number of rotatable bonds is 3. The zero-order valence-electron chi connectivity index (χ0n) is 7.71. The molecule has 0 aromatic heterocycles. The van der Waals surface area contributed by atoms with E-state index in [4.69, 9.17) is 4.43 Å². The molecule has 0 spiro atoms. The van der Waals surface area contributed by atoms with E-state index in [1.54, 1.807) is 0 Å². The highest BCUT2D eigenvalue weighted by Crippen LogP contribution is 2.04. The molecule has 0 atom stereocenters. The smallest absolute Gasteiger partial charge is 0.218 e. The maximum absolute atomic E-state index is 5.64. The van der Waals surface area contributed by atoms with Gasteiger partial charge >= 0.3 is 0 Å². The van der Waals surface area contributed by atoms with Crippen molar-refractivity contribution in [2.45, 2.75) is 13.1 Å². The van der Waals surface area contributed by atoms with E-state index in [9.17, 15) is 0 Å². The molecule has 12 heavy (non-hydrogen) atoms. The minimum absolute atomic E-state index is 0.564. The summed E-state index contributed by atoms with van der Waals surface area (Å²) in [5, 5.41) is 1.33. The van der Waals surface area contributed by atoms with Crippen molar-refractivity contribution in [2.75, 3.05) is 6.61 Å². The van der Waals surface area contributed by atoms with Crippen molar-refractivity contribution < 1.29 is 4.43 Å². The second-order valence-electron chi connectivity index (χ2n) is 3.22. The molecule has 0 aliphatic rings. The van der Waals surface area contributed by atoms with Gasteiger partial charge in [0.05, 0.1) is 0 Å². The number of benzene rings is 1. The largest absolute Gasteiger partial charge is 0.413 e. The highest BCUT2D eigenvalue weighted by atomic mass is 28.4. The second-order valence-corrected chi connectivity index (χ2v) is 7.11. The molecule has 1 radical (unpaired) electrons. The number of hydrogen-bond donors (Lipinski definition) is 0. The van der Waals surface area contributed by atoms with Crippen LogP contribution in [-0.2, 0) is 4.43 Å². The van der Waals surface area contributed by atoms with Crippen LogP contribution in [0, 0.1) is 6.92 Å². The molecule has 0 fully saturated rings. The van der Waals surface area contributed by atoms with Crippen molar-refractivity contribution in [1.29, 1.82) is 0 Å². The van der Waals surface area contributed by atoms with E-state index in [2.05, 4.69) is 44.3 Å². The molecule has 0 N–H and O–H groups in total. The third-order valence-corrected chi connectivity index (χ3v) is 4.58. The summed E-state index contributed by atoms with van der Waals surface area (Å²) in [5.74, 6) is 0. The average molecular weight is 179 g/mol. The molecular formula is C10H15OSi. The summed E-state index contributed by atoms with van der Waals surface area (Å²) in [4.78, 5) is 0. The molecular weight excluding hydrogens is 164 g/mol. The Labute approximate surface area is 75.5 Å². The van der Waals surface area contributed by atoms with Crippen molar-refractivity contribution in [1.82, 2.24) is 0 Å². The average Bonchev–Trinajstić information content (AvgIpc) is 2.06. The van der Waals surface area contributed by atoms with Gasteiger partial charge in [0.1, 0.15) is 0 Å². The van der Waals surface area contributed by atoms with Crippen LogP contribution in [0.5, 0.6) is 0 Å². The molecule has 1 nitrogen and oxygen atoms in total. The van der Waals surface area contributed by atoms with E-state index in [0.717, 1.165) is 0 Å². The second kappa shape index (κ2) is 3.87. The predicted octanol–water partition coefficient (Wildman–Crippen LogP) is 1.95. The Morgan fingerprint density at radius 2 is 1.83 bits per heavy atom. The maximum Gasteiger partial charge on any atom is 0.218 e. The molecule has 2 heteroatoms. The Morgan fingerprint density at radius 1 is 1.25 bits per heavy atom. The van der Waals surface area contributed by atoms with Gasteiger partial charge in [-0.2, -0.15) is 0 Å². The van der Waals surface area contributed by atoms with Crippen LogP contribution in [0.25, 0.3) is 0 Å². The summed E-state index contributed by atoms with van der Waals surface area (Å²) in [6.45, 7) is 8.65. The first-order valence-electron chi connectivity index (χ1n) is 4.15. The first-order valence-corrected chi connectivity index (χ1v) is 7.06. The molecule has 0 amide bonds. The predicted molar refractivity (Wildman–Crippen MR) is 54.9 cm³/mol. The lowest BCUT2D eigenvalue weighted by Gasteiger charge is -2.21. The van der Waals surface area contributed by atoms with Crippen LogP contribution in [0.4, 0.5) is 0 Å². The fraction of sp³-hybridized carbons (Fsp3) is 0.300. The zero-order valence-corrected chi connectivity index (χ0v) is 8.71. The summed E-state index contributed by atoms with van der Waals surface area (Å²) in [6.07, 6.45) is 0. The Balaban J connectivity index is 2.82. The van der Waals surface area contributed by atoms with Gasteiger partial charge in [-0.25, -0.2) is 0 Å². The van der Waals surface area contributed by atoms with Crippen molar-refractivity contribution in [3.05, 3.63) is 37.3 Å². The molecule has 65 valence electrons. The molecule has 1 rings (SSSR count). The van der Waals surface area contributed by atoms with Gasteiger partial charge in [0.15, 0.2) is 0 Å². The van der Waals surface area contributed by atoms with Gasteiger partial charge in [-0.15, -0.1) is 0 Å². The van der Waals surface area contributed by atoms with Crippen LogP contribution >= 0.6 is 0 Å². The van der Waals surface area contributed by atoms with E-state index in [1.165, 1.54) is 5.19 Å². The van der Waals surface area contributed by atoms with Crippen LogP contribution in [0.1, 0.15) is 0 Å². The van der Waals surface area contributed by atoms with Crippen molar-refractivity contribution in [3.8, 4) is 0 Å². The standard InChI is InChI=1S/C10H15OSi/c1-4-11-12(2,3)10-8-6-5-7-9-10/h5-9H,1,4H2,2-3H3. The third-order valence-electron chi connectivity index (χ3n) is 1.93. The topological polar surface area (TPSA) is 9.23 Å². The minimum atomic E-state index is -1.64. The van der Waals surface area contributed by atoms with E-state index < -0.39 is 8.32 Å². The molecule has 0 saturated heterocycles. The van der Waals surface area contributed by atoms with Gasteiger partial charge in [0.2, 0.25) is 8.32 Å². The van der Waals surface area contributed by atoms with Gasteiger partial charge in [0, 0.05) is 6.61 Å². The van der Waals surface area contributed by atoms with E-state index in [1.807, 2.05) is 6.07 Å². The van der Waals surface area contributed by atoms with E-state index in [0.29, 0.717) is 6.61 Å². The quantitative estimate of drug-likeness (QED) is 0.644. The van der Waals surface area contributed by atoms with Gasteiger partial charge in [-0.05, 0) is 25.2 Å². The number of hydrogen-bond acceptors (Lipinski definition) is 1. The highest BCUT2D eigenvalue weighted by molar-refractivity contribution is 6.84. The SMILES string of the molecule is [CH2]CO[Si](C)(C)c1ccccc1. The minimum Gasteiger partial charge on any atom is -0.413 e. The van der Waals surface area contributed by atoms with Crippen molar-refractivity contribution in [2.24, 2.45) is 0 Å². The fourth-order valence-corrected chi connectivity index (χ4v) is 2.85. The first kappa shape index (κ1) is 9.48. The third kappa shape index (κ3) is 2.19. The zero-order chi connectivity index (χ0) is 9.03. The van der Waals surface area contributed by atoms with Crippen LogP contribution in [0.2, 0.25) is 13.1 Å². The maximum atomic E-state index is 5.64. The normalized spacial score (nSPS) is 11.6. The monoisotopic (exact) mass is 179 g/mol. The van der Waals surface area contributed by atoms with Crippen molar-refractivity contribution >= 4 is 13.5 Å². The molecule has 0 bridgehead atoms. The summed E-state index contributed by atoms with van der Waals surface area (Å²) in [5.41, 5.74) is 0. The van der Waals surface area contributed by atoms with Gasteiger partial charge < -0.3 is 4.43 Å². The fourth-order valence-electron chi connectivity index (χ4n) is 1.18. The Kier molecular flexibility index (Phi) is 3.06. The molecule has 1 aromatic carbocycles. The van der Waals surface area contributed by atoms with Gasteiger partial charge in [0.25, 0.3) is 0 Å².